The quantitative estimate of drug-likeness (QED) is 0.806. The summed E-state index contributed by atoms with van der Waals surface area (Å²) in [5.41, 5.74) is 3.10. The van der Waals surface area contributed by atoms with E-state index in [1.54, 1.807) is 6.20 Å². The molecule has 2 rings (SSSR count). The summed E-state index contributed by atoms with van der Waals surface area (Å²) in [7, 11) is 5.39. The van der Waals surface area contributed by atoms with Crippen molar-refractivity contribution >= 4 is 24.8 Å². The van der Waals surface area contributed by atoms with Crippen LogP contribution in [0.15, 0.2) is 12.3 Å². The molecule has 2 heterocycles. The van der Waals surface area contributed by atoms with Crippen LogP contribution in [0.2, 0.25) is 0 Å². The molecule has 0 aliphatic rings. The molecule has 0 saturated heterocycles. The molecule has 86 valence electrons. The van der Waals surface area contributed by atoms with E-state index < -0.39 is 0 Å². The number of hydrogen-bond donors (Lipinski definition) is 1. The standard InChI is InChI=1S/C12H15BN4/c1-3-8-5-9-6-14-12(15-7-13)17-11(9)16-10(8)4-2/h5-6H,3-4,7H2,1-2H3,(H,14,15,16,17). The third kappa shape index (κ3) is 2.38. The van der Waals surface area contributed by atoms with Gasteiger partial charge in [0.15, 0.2) is 5.65 Å². The monoisotopic (exact) mass is 226 g/mol. The largest absolute Gasteiger partial charge is 0.363 e. The van der Waals surface area contributed by atoms with Crippen molar-refractivity contribution in [2.75, 3.05) is 11.8 Å². The summed E-state index contributed by atoms with van der Waals surface area (Å²) in [6.45, 7) is 4.24. The smallest absolute Gasteiger partial charge is 0.223 e. The minimum absolute atomic E-state index is 0.319. The molecular formula is C12H15BN4. The molecule has 2 radical (unpaired) electrons. The zero-order chi connectivity index (χ0) is 12.3. The number of pyridine rings is 1. The fourth-order valence-electron chi connectivity index (χ4n) is 1.83. The highest BCUT2D eigenvalue weighted by Crippen LogP contribution is 2.16. The molecule has 0 atom stereocenters. The van der Waals surface area contributed by atoms with Crippen LogP contribution in [-0.4, -0.2) is 29.2 Å². The van der Waals surface area contributed by atoms with Crippen molar-refractivity contribution in [2.24, 2.45) is 0 Å². The lowest BCUT2D eigenvalue weighted by Crippen LogP contribution is -2.06. The van der Waals surface area contributed by atoms with Crippen molar-refractivity contribution in [1.82, 2.24) is 15.0 Å². The molecule has 4 nitrogen and oxygen atoms in total. The molecule has 1 N–H and O–H groups in total. The van der Waals surface area contributed by atoms with Gasteiger partial charge in [0.25, 0.3) is 0 Å². The molecule has 2 aromatic rings. The Morgan fingerprint density at radius 3 is 2.71 bits per heavy atom. The lowest BCUT2D eigenvalue weighted by molar-refractivity contribution is 0.971. The maximum Gasteiger partial charge on any atom is 0.223 e. The van der Waals surface area contributed by atoms with Crippen LogP contribution in [-0.2, 0) is 12.8 Å². The van der Waals surface area contributed by atoms with E-state index in [1.807, 2.05) is 0 Å². The molecule has 17 heavy (non-hydrogen) atoms. The summed E-state index contributed by atoms with van der Waals surface area (Å²) in [6, 6.07) is 2.12. The number of fused-ring (bicyclic) bond motifs is 1. The van der Waals surface area contributed by atoms with Gasteiger partial charge < -0.3 is 5.32 Å². The maximum absolute atomic E-state index is 5.39. The third-order valence-corrected chi connectivity index (χ3v) is 2.71. The summed E-state index contributed by atoms with van der Waals surface area (Å²) < 4.78 is 0. The molecule has 0 aliphatic heterocycles. The van der Waals surface area contributed by atoms with Crippen molar-refractivity contribution in [3.63, 3.8) is 0 Å². The second kappa shape index (κ2) is 5.12. The summed E-state index contributed by atoms with van der Waals surface area (Å²) >= 11 is 0. The number of aromatic nitrogens is 3. The van der Waals surface area contributed by atoms with Crippen LogP contribution in [0.4, 0.5) is 5.95 Å². The van der Waals surface area contributed by atoms with Crippen molar-refractivity contribution < 1.29 is 0 Å². The van der Waals surface area contributed by atoms with Crippen LogP contribution in [0, 0.1) is 0 Å². The number of aryl methyl sites for hydroxylation is 2. The second-order valence-corrected chi connectivity index (χ2v) is 3.79. The first-order chi connectivity index (χ1) is 8.28. The number of nitrogens with zero attached hydrogens (tertiary/aromatic N) is 3. The van der Waals surface area contributed by atoms with Gasteiger partial charge in [-0.05, 0) is 30.9 Å². The second-order valence-electron chi connectivity index (χ2n) is 3.79. The average molecular weight is 226 g/mol. The van der Waals surface area contributed by atoms with Gasteiger partial charge in [-0.25, -0.2) is 9.97 Å². The lowest BCUT2D eigenvalue weighted by Gasteiger charge is -2.07. The molecule has 0 amide bonds. The van der Waals surface area contributed by atoms with E-state index in [0.717, 1.165) is 29.6 Å². The molecule has 0 spiro atoms. The summed E-state index contributed by atoms with van der Waals surface area (Å²) in [5, 5.41) is 3.86. The first-order valence-electron chi connectivity index (χ1n) is 5.88. The molecule has 5 heteroatoms. The van der Waals surface area contributed by atoms with E-state index >= 15 is 0 Å². The number of hydrogen-bond acceptors (Lipinski definition) is 4. The summed E-state index contributed by atoms with van der Waals surface area (Å²) in [4.78, 5) is 13.1. The fourth-order valence-corrected chi connectivity index (χ4v) is 1.83. The van der Waals surface area contributed by atoms with Crippen LogP contribution >= 0.6 is 0 Å². The summed E-state index contributed by atoms with van der Waals surface area (Å²) in [6.07, 6.45) is 4.00. The van der Waals surface area contributed by atoms with Gasteiger partial charge >= 0.3 is 0 Å². The van der Waals surface area contributed by atoms with E-state index in [4.69, 9.17) is 7.85 Å². The van der Waals surface area contributed by atoms with E-state index in [0.29, 0.717) is 12.4 Å². The Hall–Kier alpha value is -1.65. The van der Waals surface area contributed by atoms with Crippen LogP contribution in [0.5, 0.6) is 0 Å². The summed E-state index contributed by atoms with van der Waals surface area (Å²) in [5.74, 6) is 0.527. The number of anilines is 1. The highest BCUT2D eigenvalue weighted by atomic mass is 15.1. The fraction of sp³-hybridized carbons (Fsp3) is 0.417. The minimum Gasteiger partial charge on any atom is -0.363 e. The topological polar surface area (TPSA) is 50.7 Å². The lowest BCUT2D eigenvalue weighted by atomic mass is 10.1. The first-order valence-corrected chi connectivity index (χ1v) is 5.88. The molecule has 0 bridgehead atoms. The van der Waals surface area contributed by atoms with Gasteiger partial charge in [0.05, 0.1) is 7.85 Å². The van der Waals surface area contributed by atoms with Crippen molar-refractivity contribution in [2.45, 2.75) is 26.7 Å². The third-order valence-electron chi connectivity index (χ3n) is 2.71. The van der Waals surface area contributed by atoms with Crippen molar-refractivity contribution in [3.05, 3.63) is 23.5 Å². The number of rotatable bonds is 4. The van der Waals surface area contributed by atoms with Crippen molar-refractivity contribution in [3.8, 4) is 0 Å². The van der Waals surface area contributed by atoms with Gasteiger partial charge in [-0.15, -0.1) is 0 Å². The predicted octanol–water partition coefficient (Wildman–Crippen LogP) is 1.69. The Balaban J connectivity index is 2.54. The maximum atomic E-state index is 5.39. The Morgan fingerprint density at radius 1 is 1.24 bits per heavy atom. The highest BCUT2D eigenvalue weighted by molar-refractivity contribution is 6.10. The Morgan fingerprint density at radius 2 is 2.06 bits per heavy atom. The molecule has 0 aliphatic carbocycles. The van der Waals surface area contributed by atoms with E-state index in [2.05, 4.69) is 40.2 Å². The Kier molecular flexibility index (Phi) is 3.56. The average Bonchev–Trinajstić information content (AvgIpc) is 2.37. The SMILES string of the molecule is [B]CNc1ncc2cc(CC)c(CC)nc2n1. The van der Waals surface area contributed by atoms with E-state index in [9.17, 15) is 0 Å². The first kappa shape index (κ1) is 11.8. The predicted molar refractivity (Wildman–Crippen MR) is 70.3 cm³/mol. The zero-order valence-corrected chi connectivity index (χ0v) is 10.2. The van der Waals surface area contributed by atoms with Crippen LogP contribution in [0.25, 0.3) is 11.0 Å². The van der Waals surface area contributed by atoms with Crippen molar-refractivity contribution in [1.29, 1.82) is 0 Å². The Labute approximate surface area is 102 Å². The van der Waals surface area contributed by atoms with Gasteiger partial charge in [-0.2, -0.15) is 4.98 Å². The van der Waals surface area contributed by atoms with Gasteiger partial charge in [-0.1, -0.05) is 13.8 Å². The zero-order valence-electron chi connectivity index (χ0n) is 10.2. The molecule has 0 saturated carbocycles. The van der Waals surface area contributed by atoms with Gasteiger partial charge in [0.2, 0.25) is 5.95 Å². The number of nitrogens with one attached hydrogen (secondary N) is 1. The Bertz CT molecular complexity index is 527. The van der Waals surface area contributed by atoms with Gasteiger partial charge in [0.1, 0.15) is 0 Å². The van der Waals surface area contributed by atoms with Crippen LogP contribution in [0.1, 0.15) is 25.1 Å². The minimum atomic E-state index is 0.319. The van der Waals surface area contributed by atoms with Crippen LogP contribution < -0.4 is 5.32 Å². The molecule has 0 unspecified atom stereocenters. The molecule has 0 fully saturated rings. The molecule has 0 aromatic carbocycles. The normalized spacial score (nSPS) is 10.7. The highest BCUT2D eigenvalue weighted by Gasteiger charge is 2.06. The van der Waals surface area contributed by atoms with Gasteiger partial charge in [-0.3, -0.25) is 0 Å². The van der Waals surface area contributed by atoms with E-state index in [-0.39, 0.29) is 0 Å². The van der Waals surface area contributed by atoms with Crippen LogP contribution in [0.3, 0.4) is 0 Å². The molecular weight excluding hydrogens is 211 g/mol. The molecule has 2 aromatic heterocycles. The van der Waals surface area contributed by atoms with Gasteiger partial charge in [0, 0.05) is 17.3 Å². The van der Waals surface area contributed by atoms with E-state index in [1.165, 1.54) is 5.56 Å².